The first-order valence-corrected chi connectivity index (χ1v) is 7.67. The van der Waals surface area contributed by atoms with Gasteiger partial charge in [0.25, 0.3) is 0 Å². The van der Waals surface area contributed by atoms with Gasteiger partial charge in [-0.05, 0) is 54.9 Å². The van der Waals surface area contributed by atoms with Crippen LogP contribution in [0.5, 0.6) is 0 Å². The lowest BCUT2D eigenvalue weighted by atomic mass is 10.1. The van der Waals surface area contributed by atoms with Gasteiger partial charge in [-0.1, -0.05) is 0 Å². The van der Waals surface area contributed by atoms with Crippen LogP contribution in [0.3, 0.4) is 0 Å². The van der Waals surface area contributed by atoms with Crippen LogP contribution in [0.4, 0.5) is 4.39 Å². The molecule has 1 aromatic carbocycles. The smallest absolute Gasteiger partial charge is 0.124 e. The number of nitrogens with zero attached hydrogens (tertiary/aromatic N) is 1. The van der Waals surface area contributed by atoms with Gasteiger partial charge in [-0.25, -0.2) is 9.37 Å². The summed E-state index contributed by atoms with van der Waals surface area (Å²) in [6.45, 7) is 7.11. The van der Waals surface area contributed by atoms with Gasteiger partial charge >= 0.3 is 0 Å². The lowest BCUT2D eigenvalue weighted by Gasteiger charge is -2.19. The van der Waals surface area contributed by atoms with Gasteiger partial charge in [0.15, 0.2) is 0 Å². The monoisotopic (exact) mass is 342 g/mol. The molecule has 19 heavy (non-hydrogen) atoms. The van der Waals surface area contributed by atoms with Crippen molar-refractivity contribution in [1.29, 1.82) is 0 Å². The maximum absolute atomic E-state index is 13.1. The highest BCUT2D eigenvalue weighted by atomic mass is 79.9. The van der Waals surface area contributed by atoms with Crippen molar-refractivity contribution in [2.75, 3.05) is 0 Å². The van der Waals surface area contributed by atoms with E-state index in [0.717, 1.165) is 27.3 Å². The molecule has 0 fully saturated rings. The van der Waals surface area contributed by atoms with E-state index < -0.39 is 0 Å². The predicted molar refractivity (Wildman–Crippen MR) is 81.8 cm³/mol. The van der Waals surface area contributed by atoms with E-state index in [4.69, 9.17) is 0 Å². The molecule has 0 spiro atoms. The molecule has 5 heteroatoms. The molecule has 0 radical (unpaired) electrons. The average Bonchev–Trinajstić information content (AvgIpc) is 2.74. The third kappa shape index (κ3) is 4.09. The lowest BCUT2D eigenvalue weighted by Crippen LogP contribution is -2.34. The Hall–Kier alpha value is -0.780. The minimum Gasteiger partial charge on any atom is -0.306 e. The molecule has 0 atom stereocenters. The van der Waals surface area contributed by atoms with Gasteiger partial charge in [-0.15, -0.1) is 11.3 Å². The SMILES string of the molecule is CC(C)(C)NCc1nc(-c2ccc(F)cc2Br)cs1. The fraction of sp³-hybridized carbons (Fsp3) is 0.357. The highest BCUT2D eigenvalue weighted by molar-refractivity contribution is 9.10. The number of benzene rings is 1. The molecule has 0 aliphatic heterocycles. The fourth-order valence-electron chi connectivity index (χ4n) is 1.55. The molecule has 1 aromatic heterocycles. The first kappa shape index (κ1) is 14.6. The molecule has 1 N–H and O–H groups in total. The number of halogens is 2. The zero-order chi connectivity index (χ0) is 14.0. The highest BCUT2D eigenvalue weighted by Gasteiger charge is 2.12. The van der Waals surface area contributed by atoms with Gasteiger partial charge in [0, 0.05) is 27.5 Å². The molecule has 0 bridgehead atoms. The van der Waals surface area contributed by atoms with E-state index in [2.05, 4.69) is 47.0 Å². The third-order valence-electron chi connectivity index (χ3n) is 2.53. The highest BCUT2D eigenvalue weighted by Crippen LogP contribution is 2.29. The van der Waals surface area contributed by atoms with E-state index >= 15 is 0 Å². The molecule has 2 rings (SSSR count). The Morgan fingerprint density at radius 2 is 2.11 bits per heavy atom. The number of aromatic nitrogens is 1. The van der Waals surface area contributed by atoms with Crippen molar-refractivity contribution in [3.8, 4) is 11.3 Å². The van der Waals surface area contributed by atoms with Crippen molar-refractivity contribution in [2.24, 2.45) is 0 Å². The zero-order valence-corrected chi connectivity index (χ0v) is 13.5. The molecule has 0 amide bonds. The third-order valence-corrected chi connectivity index (χ3v) is 4.03. The summed E-state index contributed by atoms with van der Waals surface area (Å²) in [5, 5.41) is 6.43. The second kappa shape index (κ2) is 5.69. The summed E-state index contributed by atoms with van der Waals surface area (Å²) in [5.74, 6) is -0.250. The summed E-state index contributed by atoms with van der Waals surface area (Å²) < 4.78 is 13.8. The molecule has 0 aliphatic carbocycles. The first-order valence-electron chi connectivity index (χ1n) is 6.00. The number of rotatable bonds is 3. The number of hydrogen-bond donors (Lipinski definition) is 1. The standard InChI is InChI=1S/C14H16BrFN2S/c1-14(2,3)17-7-13-18-12(8-19-13)10-5-4-9(16)6-11(10)15/h4-6,8,17H,7H2,1-3H3. The fourth-order valence-corrected chi connectivity index (χ4v) is 2.84. The summed E-state index contributed by atoms with van der Waals surface area (Å²) in [7, 11) is 0. The Balaban J connectivity index is 2.16. The van der Waals surface area contributed by atoms with Crippen molar-refractivity contribution in [2.45, 2.75) is 32.9 Å². The van der Waals surface area contributed by atoms with Crippen LogP contribution in [0.25, 0.3) is 11.3 Å². The van der Waals surface area contributed by atoms with Gasteiger partial charge in [0.2, 0.25) is 0 Å². The second-order valence-corrected chi connectivity index (χ2v) is 7.15. The van der Waals surface area contributed by atoms with Gasteiger partial charge < -0.3 is 5.32 Å². The summed E-state index contributed by atoms with van der Waals surface area (Å²) >= 11 is 4.98. The maximum Gasteiger partial charge on any atom is 0.124 e. The van der Waals surface area contributed by atoms with Gasteiger partial charge in [-0.2, -0.15) is 0 Å². The van der Waals surface area contributed by atoms with Gasteiger partial charge in [0.05, 0.1) is 5.69 Å². The number of nitrogens with one attached hydrogen (secondary N) is 1. The van der Waals surface area contributed by atoms with Crippen molar-refractivity contribution in [3.63, 3.8) is 0 Å². The van der Waals surface area contributed by atoms with Crippen LogP contribution >= 0.6 is 27.3 Å². The topological polar surface area (TPSA) is 24.9 Å². The minimum absolute atomic E-state index is 0.0717. The van der Waals surface area contributed by atoms with E-state index in [-0.39, 0.29) is 11.4 Å². The summed E-state index contributed by atoms with van der Waals surface area (Å²) in [5.41, 5.74) is 1.87. The first-order chi connectivity index (χ1) is 8.85. The van der Waals surface area contributed by atoms with Crippen LogP contribution in [-0.2, 0) is 6.54 Å². The summed E-state index contributed by atoms with van der Waals surface area (Å²) in [4.78, 5) is 4.58. The van der Waals surface area contributed by atoms with Crippen LogP contribution in [0.2, 0.25) is 0 Å². The second-order valence-electron chi connectivity index (χ2n) is 5.35. The lowest BCUT2D eigenvalue weighted by molar-refractivity contribution is 0.424. The predicted octanol–water partition coefficient (Wildman–Crippen LogP) is 4.60. The minimum atomic E-state index is -0.250. The Bertz CT molecular complexity index is 575. The van der Waals surface area contributed by atoms with Crippen LogP contribution < -0.4 is 5.32 Å². The molecule has 0 saturated heterocycles. The quantitative estimate of drug-likeness (QED) is 0.881. The van der Waals surface area contributed by atoms with E-state index in [1.165, 1.54) is 12.1 Å². The van der Waals surface area contributed by atoms with Crippen molar-refractivity contribution >= 4 is 27.3 Å². The molecule has 0 aliphatic rings. The molecule has 102 valence electrons. The Morgan fingerprint density at radius 1 is 1.37 bits per heavy atom. The van der Waals surface area contributed by atoms with Crippen molar-refractivity contribution < 1.29 is 4.39 Å². The van der Waals surface area contributed by atoms with Gasteiger partial charge in [0.1, 0.15) is 10.8 Å². The number of thiazole rings is 1. The van der Waals surface area contributed by atoms with E-state index in [1.54, 1.807) is 17.4 Å². The van der Waals surface area contributed by atoms with Gasteiger partial charge in [-0.3, -0.25) is 0 Å². The van der Waals surface area contributed by atoms with Crippen LogP contribution in [0.15, 0.2) is 28.1 Å². The molecular formula is C14H16BrFN2S. The van der Waals surface area contributed by atoms with E-state index in [0.29, 0.717) is 0 Å². The zero-order valence-electron chi connectivity index (χ0n) is 11.1. The molecule has 2 aromatic rings. The van der Waals surface area contributed by atoms with E-state index in [1.807, 2.05) is 5.38 Å². The molecule has 1 heterocycles. The van der Waals surface area contributed by atoms with Crippen molar-refractivity contribution in [3.05, 3.63) is 38.9 Å². The molecule has 2 nitrogen and oxygen atoms in total. The Labute approximate surface area is 125 Å². The van der Waals surface area contributed by atoms with Crippen LogP contribution in [-0.4, -0.2) is 10.5 Å². The number of hydrogen-bond acceptors (Lipinski definition) is 3. The molecule has 0 saturated carbocycles. The molecule has 0 unspecified atom stereocenters. The summed E-state index contributed by atoms with van der Waals surface area (Å²) in [6, 6.07) is 4.66. The normalized spacial score (nSPS) is 11.8. The Kier molecular flexibility index (Phi) is 4.38. The van der Waals surface area contributed by atoms with Crippen LogP contribution in [0, 0.1) is 5.82 Å². The Morgan fingerprint density at radius 3 is 2.74 bits per heavy atom. The van der Waals surface area contributed by atoms with Crippen molar-refractivity contribution in [1.82, 2.24) is 10.3 Å². The van der Waals surface area contributed by atoms with Crippen LogP contribution in [0.1, 0.15) is 25.8 Å². The average molecular weight is 343 g/mol. The largest absolute Gasteiger partial charge is 0.306 e. The van der Waals surface area contributed by atoms with E-state index in [9.17, 15) is 4.39 Å². The molecular weight excluding hydrogens is 327 g/mol. The maximum atomic E-state index is 13.1. The summed E-state index contributed by atoms with van der Waals surface area (Å²) in [6.07, 6.45) is 0.